The summed E-state index contributed by atoms with van der Waals surface area (Å²) < 4.78 is 7.35. The van der Waals surface area contributed by atoms with E-state index in [1.165, 1.54) is 0 Å². The molecule has 0 atom stereocenters. The van der Waals surface area contributed by atoms with Crippen LogP contribution in [0.3, 0.4) is 0 Å². The smallest absolute Gasteiger partial charge is 0.155 e. The Bertz CT molecular complexity index is 1420. The third-order valence-corrected chi connectivity index (χ3v) is 5.92. The molecule has 6 heteroatoms. The molecule has 2 heterocycles. The van der Waals surface area contributed by atoms with Crippen LogP contribution in [0.25, 0.3) is 33.3 Å². The van der Waals surface area contributed by atoms with Gasteiger partial charge in [0, 0.05) is 52.4 Å². The van der Waals surface area contributed by atoms with Gasteiger partial charge >= 0.3 is 0 Å². The van der Waals surface area contributed by atoms with E-state index in [4.69, 9.17) is 14.4 Å². The highest BCUT2D eigenvalue weighted by Crippen LogP contribution is 2.33. The Labute approximate surface area is 188 Å². The molecule has 5 rings (SSSR count). The van der Waals surface area contributed by atoms with Crippen molar-refractivity contribution in [3.8, 4) is 11.5 Å². The number of halogens is 1. The van der Waals surface area contributed by atoms with E-state index in [1.807, 2.05) is 36.4 Å². The quantitative estimate of drug-likeness (QED) is 0.226. The minimum atomic E-state index is 0.653. The van der Waals surface area contributed by atoms with Gasteiger partial charge in [0.25, 0.3) is 0 Å². The molecule has 0 amide bonds. The molecule has 0 fully saturated rings. The second kappa shape index (κ2) is 8.12. The molecule has 1 aliphatic heterocycles. The van der Waals surface area contributed by atoms with Gasteiger partial charge < -0.3 is 9.32 Å². The van der Waals surface area contributed by atoms with Gasteiger partial charge in [-0.15, -0.1) is 0 Å². The number of aromatic nitrogens is 2. The summed E-state index contributed by atoms with van der Waals surface area (Å²) in [6.07, 6.45) is 1.74. The van der Waals surface area contributed by atoms with E-state index >= 15 is 0 Å². The van der Waals surface area contributed by atoms with E-state index in [1.54, 1.807) is 6.20 Å². The first-order chi connectivity index (χ1) is 15.2. The zero-order valence-electron chi connectivity index (χ0n) is 17.3. The lowest BCUT2D eigenvalue weighted by molar-refractivity contribution is 0.613. The first-order valence-corrected chi connectivity index (χ1v) is 11.1. The second-order valence-electron chi connectivity index (χ2n) is 7.27. The van der Waals surface area contributed by atoms with E-state index in [-0.39, 0.29) is 0 Å². The van der Waals surface area contributed by atoms with Crippen LogP contribution < -0.4 is 10.3 Å². The topological polar surface area (TPSA) is 54.5 Å². The van der Waals surface area contributed by atoms with Gasteiger partial charge in [-0.3, -0.25) is 0 Å². The summed E-state index contributed by atoms with van der Waals surface area (Å²) in [5, 5.41) is 2.79. The van der Waals surface area contributed by atoms with Gasteiger partial charge in [0.2, 0.25) is 0 Å². The molecule has 1 aliphatic carbocycles. The molecule has 1 aromatic heterocycles. The predicted octanol–water partition coefficient (Wildman–Crippen LogP) is 6.32. The minimum absolute atomic E-state index is 0.653. The largest absolute Gasteiger partial charge is 0.453 e. The van der Waals surface area contributed by atoms with Crippen molar-refractivity contribution >= 4 is 49.3 Å². The molecule has 154 valence electrons. The van der Waals surface area contributed by atoms with Crippen LogP contribution in [0.2, 0.25) is 0 Å². The van der Waals surface area contributed by atoms with Crippen molar-refractivity contribution in [2.24, 2.45) is 4.99 Å². The zero-order chi connectivity index (χ0) is 21.4. The Morgan fingerprint density at radius 1 is 0.968 bits per heavy atom. The maximum atomic E-state index is 6.36. The van der Waals surface area contributed by atoms with Crippen molar-refractivity contribution in [1.82, 2.24) is 9.97 Å². The molecule has 0 spiro atoms. The van der Waals surface area contributed by atoms with Gasteiger partial charge in [-0.2, -0.15) is 0 Å². The third kappa shape index (κ3) is 3.68. The number of rotatable bonds is 4. The Morgan fingerprint density at radius 3 is 2.61 bits per heavy atom. The monoisotopic (exact) mass is 472 g/mol. The Balaban J connectivity index is 1.82. The molecule has 0 saturated heterocycles. The van der Waals surface area contributed by atoms with E-state index in [2.05, 4.69) is 63.9 Å². The minimum Gasteiger partial charge on any atom is -0.453 e. The number of benzene rings is 3. The summed E-state index contributed by atoms with van der Waals surface area (Å²) >= 11 is 3.59. The van der Waals surface area contributed by atoms with Crippen molar-refractivity contribution in [1.29, 1.82) is 0 Å². The fourth-order valence-electron chi connectivity index (χ4n) is 3.87. The molecule has 2 aliphatic rings. The molecule has 0 N–H and O–H groups in total. The van der Waals surface area contributed by atoms with Crippen LogP contribution in [0.5, 0.6) is 0 Å². The summed E-state index contributed by atoms with van der Waals surface area (Å²) in [7, 11) is 0. The Kier molecular flexibility index (Phi) is 5.16. The van der Waals surface area contributed by atoms with E-state index in [0.717, 1.165) is 56.2 Å². The number of pyridine rings is 1. The third-order valence-electron chi connectivity index (χ3n) is 5.42. The van der Waals surface area contributed by atoms with Crippen LogP contribution in [0, 0.1) is 0 Å². The second-order valence-corrected chi connectivity index (χ2v) is 8.19. The summed E-state index contributed by atoms with van der Waals surface area (Å²) in [5.74, 6) is 1.36. The maximum Gasteiger partial charge on any atom is 0.155 e. The fourth-order valence-corrected chi connectivity index (χ4v) is 4.23. The van der Waals surface area contributed by atoms with Crippen LogP contribution in [0.1, 0.15) is 13.8 Å². The van der Waals surface area contributed by atoms with Crippen molar-refractivity contribution in [3.05, 3.63) is 76.7 Å². The normalized spacial score (nSPS) is 12.2. The first kappa shape index (κ1) is 19.7. The van der Waals surface area contributed by atoms with Crippen LogP contribution >= 0.6 is 15.9 Å². The van der Waals surface area contributed by atoms with Crippen LogP contribution in [-0.4, -0.2) is 23.1 Å². The fraction of sp³-hybridized carbons (Fsp3) is 0.160. The molecule has 0 radical (unpaired) electrons. The molecule has 3 aromatic rings. The molecule has 5 nitrogen and oxygen atoms in total. The summed E-state index contributed by atoms with van der Waals surface area (Å²) in [4.78, 5) is 16.4. The van der Waals surface area contributed by atoms with E-state index in [9.17, 15) is 0 Å². The van der Waals surface area contributed by atoms with Gasteiger partial charge in [-0.1, -0.05) is 28.1 Å². The Hall–Kier alpha value is -3.25. The molecule has 31 heavy (non-hydrogen) atoms. The number of hydrogen-bond donors (Lipinski definition) is 0. The SMILES string of the molecule is CCN(CC)c1ccc2nc3c4ccc(Br)cc4c(=Nc4ccccn4)cc-3oc2c1. The summed E-state index contributed by atoms with van der Waals surface area (Å²) in [6.45, 7) is 6.18. The number of anilines is 1. The molecule has 0 saturated carbocycles. The number of nitrogens with zero attached hydrogens (tertiary/aromatic N) is 4. The van der Waals surface area contributed by atoms with Crippen LogP contribution in [0.4, 0.5) is 11.5 Å². The summed E-state index contributed by atoms with van der Waals surface area (Å²) in [6, 6.07) is 20.0. The lowest BCUT2D eigenvalue weighted by atomic mass is 10.0. The lowest BCUT2D eigenvalue weighted by Gasteiger charge is -2.21. The zero-order valence-corrected chi connectivity index (χ0v) is 18.9. The van der Waals surface area contributed by atoms with Gasteiger partial charge in [-0.05, 0) is 50.2 Å². The number of hydrogen-bond acceptors (Lipinski definition) is 5. The standard InChI is InChI=1S/C25H21BrN4O/c1-3-30(4-2)17-9-11-20-22(14-17)31-23-15-21(28-24-7-5-6-12-27-24)19-13-16(26)8-10-18(19)25(23)29-20/h5-15H,3-4H2,1-2H3. The molecule has 0 unspecified atom stereocenters. The predicted molar refractivity (Wildman–Crippen MR) is 129 cm³/mol. The average molecular weight is 473 g/mol. The number of fused-ring (bicyclic) bond motifs is 4. The molecular weight excluding hydrogens is 452 g/mol. The van der Waals surface area contributed by atoms with Gasteiger partial charge in [0.05, 0.1) is 5.36 Å². The van der Waals surface area contributed by atoms with E-state index in [0.29, 0.717) is 11.6 Å². The van der Waals surface area contributed by atoms with Gasteiger partial charge in [-0.25, -0.2) is 15.0 Å². The highest BCUT2D eigenvalue weighted by Gasteiger charge is 2.16. The first-order valence-electron chi connectivity index (χ1n) is 10.3. The van der Waals surface area contributed by atoms with Gasteiger partial charge in [0.15, 0.2) is 17.2 Å². The van der Waals surface area contributed by atoms with Crippen molar-refractivity contribution < 1.29 is 4.42 Å². The summed E-state index contributed by atoms with van der Waals surface area (Å²) in [5.41, 5.74) is 3.55. The van der Waals surface area contributed by atoms with Crippen LogP contribution in [0.15, 0.2) is 80.7 Å². The van der Waals surface area contributed by atoms with Crippen molar-refractivity contribution in [3.63, 3.8) is 0 Å². The highest BCUT2D eigenvalue weighted by molar-refractivity contribution is 9.10. The van der Waals surface area contributed by atoms with Crippen LogP contribution in [-0.2, 0) is 0 Å². The molecular formula is C25H21BrN4O. The van der Waals surface area contributed by atoms with E-state index < -0.39 is 0 Å². The van der Waals surface area contributed by atoms with Gasteiger partial charge in [0.1, 0.15) is 11.2 Å². The lowest BCUT2D eigenvalue weighted by Crippen LogP contribution is -2.21. The van der Waals surface area contributed by atoms with Crippen molar-refractivity contribution in [2.75, 3.05) is 18.0 Å². The average Bonchev–Trinajstić information content (AvgIpc) is 2.79. The molecule has 0 bridgehead atoms. The Morgan fingerprint density at radius 2 is 1.84 bits per heavy atom. The highest BCUT2D eigenvalue weighted by atomic mass is 79.9. The maximum absolute atomic E-state index is 6.36. The molecule has 2 aromatic carbocycles. The van der Waals surface area contributed by atoms with Crippen molar-refractivity contribution in [2.45, 2.75) is 13.8 Å².